The van der Waals surface area contributed by atoms with Crippen molar-refractivity contribution >= 4 is 53.9 Å². The van der Waals surface area contributed by atoms with Crippen molar-refractivity contribution in [2.24, 2.45) is 0 Å². The van der Waals surface area contributed by atoms with Crippen LogP contribution >= 0.6 is 0 Å². The third-order valence-corrected chi connectivity index (χ3v) is 10.8. The minimum Gasteiger partial charge on any atom is -0.0616 e. The molecule has 0 spiro atoms. The van der Waals surface area contributed by atoms with Crippen LogP contribution in [0.1, 0.15) is 25.0 Å². The van der Waals surface area contributed by atoms with Gasteiger partial charge in [-0.15, -0.1) is 0 Å². The summed E-state index contributed by atoms with van der Waals surface area (Å²) in [5.74, 6) is 0. The van der Waals surface area contributed by atoms with Gasteiger partial charge in [-0.05, 0) is 104 Å². The molecule has 10 rings (SSSR count). The quantitative estimate of drug-likeness (QED) is 0.138. The van der Waals surface area contributed by atoms with E-state index in [1.165, 1.54) is 98.4 Å². The molecule has 0 atom stereocenters. The summed E-state index contributed by atoms with van der Waals surface area (Å²) in [5.41, 5.74) is 10.6. The minimum absolute atomic E-state index is 0.146. The molecule has 0 aromatic heterocycles. The Morgan fingerprint density at radius 1 is 0.340 bits per heavy atom. The molecule has 0 heteroatoms. The Labute approximate surface area is 274 Å². The topological polar surface area (TPSA) is 0 Å². The first-order valence-corrected chi connectivity index (χ1v) is 16.6. The third kappa shape index (κ3) is 3.64. The lowest BCUT2D eigenvalue weighted by Gasteiger charge is -2.26. The first-order valence-electron chi connectivity index (χ1n) is 16.6. The first kappa shape index (κ1) is 26.5. The molecule has 47 heavy (non-hydrogen) atoms. The molecular formula is C47H32. The molecular weight excluding hydrogens is 565 g/mol. The number of benzene rings is 9. The van der Waals surface area contributed by atoms with E-state index < -0.39 is 0 Å². The van der Waals surface area contributed by atoms with Crippen LogP contribution in [0.5, 0.6) is 0 Å². The van der Waals surface area contributed by atoms with Gasteiger partial charge in [-0.25, -0.2) is 0 Å². The smallest absolute Gasteiger partial charge is 0.0165 e. The highest BCUT2D eigenvalue weighted by molar-refractivity contribution is 6.23. The van der Waals surface area contributed by atoms with E-state index in [1.807, 2.05) is 0 Å². The van der Waals surface area contributed by atoms with Crippen LogP contribution in [-0.4, -0.2) is 0 Å². The van der Waals surface area contributed by atoms with E-state index in [0.717, 1.165) is 0 Å². The summed E-state index contributed by atoms with van der Waals surface area (Å²) in [6, 6.07) is 58.8. The maximum atomic E-state index is 2.41. The van der Waals surface area contributed by atoms with Crippen LogP contribution in [0.3, 0.4) is 0 Å². The van der Waals surface area contributed by atoms with Crippen LogP contribution < -0.4 is 0 Å². The van der Waals surface area contributed by atoms with Crippen molar-refractivity contribution in [1.29, 1.82) is 0 Å². The van der Waals surface area contributed by atoms with Crippen LogP contribution in [0.2, 0.25) is 0 Å². The van der Waals surface area contributed by atoms with Crippen molar-refractivity contribution in [3.63, 3.8) is 0 Å². The van der Waals surface area contributed by atoms with Gasteiger partial charge in [0.05, 0.1) is 0 Å². The predicted octanol–water partition coefficient (Wildman–Crippen LogP) is 13.1. The zero-order valence-corrected chi connectivity index (χ0v) is 26.5. The van der Waals surface area contributed by atoms with Crippen molar-refractivity contribution in [2.45, 2.75) is 19.3 Å². The predicted molar refractivity (Wildman–Crippen MR) is 202 cm³/mol. The molecule has 0 unspecified atom stereocenters. The molecule has 0 bridgehead atoms. The zero-order valence-electron chi connectivity index (χ0n) is 26.5. The summed E-state index contributed by atoms with van der Waals surface area (Å²) in [7, 11) is 0. The highest BCUT2D eigenvalue weighted by Crippen LogP contribution is 2.56. The van der Waals surface area contributed by atoms with Crippen LogP contribution in [0.4, 0.5) is 0 Å². The van der Waals surface area contributed by atoms with Crippen molar-refractivity contribution in [3.05, 3.63) is 169 Å². The molecule has 1 aliphatic carbocycles. The second-order valence-corrected chi connectivity index (χ2v) is 13.6. The maximum Gasteiger partial charge on any atom is 0.0165 e. The Morgan fingerprint density at radius 2 is 0.830 bits per heavy atom. The lowest BCUT2D eigenvalue weighted by Crippen LogP contribution is -2.16. The van der Waals surface area contributed by atoms with Gasteiger partial charge in [0.1, 0.15) is 0 Å². The summed E-state index contributed by atoms with van der Waals surface area (Å²) in [6.07, 6.45) is 0. The van der Waals surface area contributed by atoms with Gasteiger partial charge in [-0.3, -0.25) is 0 Å². The fourth-order valence-electron chi connectivity index (χ4n) is 8.76. The number of rotatable bonds is 2. The van der Waals surface area contributed by atoms with Crippen LogP contribution in [0.15, 0.2) is 158 Å². The average Bonchev–Trinajstić information content (AvgIpc) is 3.36. The van der Waals surface area contributed by atoms with Gasteiger partial charge in [0.2, 0.25) is 0 Å². The lowest BCUT2D eigenvalue weighted by atomic mass is 9.76. The molecule has 0 radical (unpaired) electrons. The number of hydrogen-bond acceptors (Lipinski definition) is 0. The van der Waals surface area contributed by atoms with Crippen molar-refractivity contribution < 1.29 is 0 Å². The van der Waals surface area contributed by atoms with Gasteiger partial charge >= 0.3 is 0 Å². The molecule has 9 aromatic carbocycles. The summed E-state index contributed by atoms with van der Waals surface area (Å²) in [5, 5.41) is 13.0. The number of hydrogen-bond donors (Lipinski definition) is 0. The van der Waals surface area contributed by atoms with Gasteiger partial charge in [0.25, 0.3) is 0 Å². The van der Waals surface area contributed by atoms with Crippen LogP contribution in [0, 0.1) is 0 Å². The van der Waals surface area contributed by atoms with Gasteiger partial charge in [-0.2, -0.15) is 0 Å². The van der Waals surface area contributed by atoms with Gasteiger partial charge in [0.15, 0.2) is 0 Å². The largest absolute Gasteiger partial charge is 0.0616 e. The third-order valence-electron chi connectivity index (χ3n) is 10.8. The SMILES string of the molecule is CC1(C)c2ccc3ccccc3c2-c2cccc(-c3c4ccccc4c(-c4ccc5c(ccc6ccccc65)c4)c4ccccc34)c21. The molecule has 0 saturated heterocycles. The van der Waals surface area contributed by atoms with Crippen molar-refractivity contribution in [3.8, 4) is 33.4 Å². The molecule has 0 nitrogen and oxygen atoms in total. The monoisotopic (exact) mass is 596 g/mol. The molecule has 1 aliphatic rings. The Morgan fingerprint density at radius 3 is 1.51 bits per heavy atom. The normalized spacial score (nSPS) is 13.5. The minimum atomic E-state index is -0.146. The summed E-state index contributed by atoms with van der Waals surface area (Å²) in [4.78, 5) is 0. The van der Waals surface area contributed by atoms with Crippen LogP contribution in [0.25, 0.3) is 87.2 Å². The molecule has 0 fully saturated rings. The summed E-state index contributed by atoms with van der Waals surface area (Å²) < 4.78 is 0. The van der Waals surface area contributed by atoms with Gasteiger partial charge in [0, 0.05) is 5.41 Å². The van der Waals surface area contributed by atoms with E-state index in [0.29, 0.717) is 0 Å². The fraction of sp³-hybridized carbons (Fsp3) is 0.0638. The van der Waals surface area contributed by atoms with E-state index in [4.69, 9.17) is 0 Å². The average molecular weight is 597 g/mol. The van der Waals surface area contributed by atoms with E-state index in [2.05, 4.69) is 172 Å². The molecule has 0 aliphatic heterocycles. The second kappa shape index (κ2) is 9.64. The Hall–Kier alpha value is -5.72. The molecule has 0 amide bonds. The fourth-order valence-corrected chi connectivity index (χ4v) is 8.76. The standard InChI is InChI=1S/C47H32/c1-47(2)42-27-25-30-13-4-6-15-35(30)45(42)41-21-11-20-40(46(41)47)44-38-18-9-7-16-36(38)43(37-17-8-10-19-39(37)44)32-24-26-34-31(28-32)23-22-29-12-3-5-14-33(29)34/h3-28H,1-2H3. The number of fused-ring (bicyclic) bond motifs is 10. The molecule has 0 heterocycles. The zero-order chi connectivity index (χ0) is 31.3. The van der Waals surface area contributed by atoms with Crippen molar-refractivity contribution in [1.82, 2.24) is 0 Å². The Bertz CT molecular complexity index is 2700. The maximum absolute atomic E-state index is 2.41. The summed E-state index contributed by atoms with van der Waals surface area (Å²) >= 11 is 0. The van der Waals surface area contributed by atoms with E-state index >= 15 is 0 Å². The van der Waals surface area contributed by atoms with E-state index in [1.54, 1.807) is 0 Å². The first-order chi connectivity index (χ1) is 23.1. The highest BCUT2D eigenvalue weighted by Gasteiger charge is 2.39. The van der Waals surface area contributed by atoms with Gasteiger partial charge < -0.3 is 0 Å². The van der Waals surface area contributed by atoms with Crippen LogP contribution in [-0.2, 0) is 5.41 Å². The second-order valence-electron chi connectivity index (χ2n) is 13.6. The van der Waals surface area contributed by atoms with E-state index in [-0.39, 0.29) is 5.41 Å². The lowest BCUT2D eigenvalue weighted by molar-refractivity contribution is 0.663. The molecule has 0 N–H and O–H groups in total. The van der Waals surface area contributed by atoms with Crippen molar-refractivity contribution in [2.75, 3.05) is 0 Å². The summed E-state index contributed by atoms with van der Waals surface area (Å²) in [6.45, 7) is 4.82. The molecule has 0 saturated carbocycles. The Kier molecular flexibility index (Phi) is 5.44. The van der Waals surface area contributed by atoms with Gasteiger partial charge in [-0.1, -0.05) is 166 Å². The molecule has 9 aromatic rings. The highest BCUT2D eigenvalue weighted by atomic mass is 14.4. The van der Waals surface area contributed by atoms with E-state index in [9.17, 15) is 0 Å². The molecule has 220 valence electrons. The Balaban J connectivity index is 1.29.